The van der Waals surface area contributed by atoms with Crippen LogP contribution in [0.2, 0.25) is 0 Å². The fourth-order valence-corrected chi connectivity index (χ4v) is 2.74. The summed E-state index contributed by atoms with van der Waals surface area (Å²) in [5.41, 5.74) is 1.17. The van der Waals surface area contributed by atoms with E-state index < -0.39 is 11.5 Å². The molecule has 0 bridgehead atoms. The molecule has 1 atom stereocenters. The smallest absolute Gasteiger partial charge is 0.270 e. The van der Waals surface area contributed by atoms with Crippen LogP contribution in [0.4, 0.5) is 5.69 Å². The second kappa shape index (κ2) is 11.1. The number of aromatic nitrogens is 1. The Labute approximate surface area is 175 Å². The number of nitrogens with zero attached hydrogens (tertiary/aromatic N) is 2. The molecular formula is C21H23ClN4O3. The van der Waals surface area contributed by atoms with Crippen molar-refractivity contribution in [3.05, 3.63) is 58.9 Å². The van der Waals surface area contributed by atoms with E-state index >= 15 is 0 Å². The van der Waals surface area contributed by atoms with Gasteiger partial charge in [-0.25, -0.2) is 4.98 Å². The number of halogens is 1. The van der Waals surface area contributed by atoms with Gasteiger partial charge in [-0.2, -0.15) is 5.26 Å². The molecule has 2 aromatic rings. The molecule has 2 rings (SSSR count). The van der Waals surface area contributed by atoms with Gasteiger partial charge in [-0.1, -0.05) is 37.1 Å². The number of ether oxygens (including phenoxy) is 1. The third kappa shape index (κ3) is 6.56. The monoisotopic (exact) mass is 414 g/mol. The number of amides is 2. The molecule has 0 saturated carbocycles. The highest BCUT2D eigenvalue weighted by atomic mass is 35.5. The van der Waals surface area contributed by atoms with E-state index in [1.165, 1.54) is 0 Å². The molecule has 2 amide bonds. The number of hydrogen-bond donors (Lipinski definition) is 2. The minimum Gasteiger partial charge on any atom is -0.351 e. The van der Waals surface area contributed by atoms with Gasteiger partial charge < -0.3 is 15.4 Å². The van der Waals surface area contributed by atoms with Gasteiger partial charge in [-0.3, -0.25) is 9.59 Å². The van der Waals surface area contributed by atoms with Crippen LogP contribution >= 0.6 is 11.6 Å². The van der Waals surface area contributed by atoms with Gasteiger partial charge in [0.1, 0.15) is 12.3 Å². The molecule has 0 radical (unpaired) electrons. The minimum atomic E-state index is -0.813. The number of unbranched alkanes of at least 4 members (excludes halogenated alkanes) is 1. The lowest BCUT2D eigenvalue weighted by atomic mass is 10.1. The number of pyridine rings is 1. The lowest BCUT2D eigenvalue weighted by Crippen LogP contribution is -2.28. The Kier molecular flexibility index (Phi) is 8.59. The van der Waals surface area contributed by atoms with Crippen LogP contribution in [0.5, 0.6) is 0 Å². The van der Waals surface area contributed by atoms with Gasteiger partial charge in [0, 0.05) is 17.9 Å². The van der Waals surface area contributed by atoms with Crippen molar-refractivity contribution in [2.75, 3.05) is 18.5 Å². The number of nitrogens with one attached hydrogen (secondary N) is 2. The van der Waals surface area contributed by atoms with E-state index in [1.54, 1.807) is 43.3 Å². The summed E-state index contributed by atoms with van der Waals surface area (Å²) in [7, 11) is 0. The Balaban J connectivity index is 2.19. The summed E-state index contributed by atoms with van der Waals surface area (Å²) in [5.74, 6) is -0.842. The molecular weight excluding hydrogens is 392 g/mol. The fraction of sp³-hybridized carbons (Fsp3) is 0.333. The third-order valence-corrected chi connectivity index (χ3v) is 4.39. The van der Waals surface area contributed by atoms with Gasteiger partial charge in [-0.15, -0.1) is 0 Å². The number of aryl methyl sites for hydroxylation is 1. The van der Waals surface area contributed by atoms with E-state index in [-0.39, 0.29) is 23.8 Å². The van der Waals surface area contributed by atoms with Gasteiger partial charge in [0.15, 0.2) is 5.56 Å². The Morgan fingerprint density at radius 3 is 2.79 bits per heavy atom. The van der Waals surface area contributed by atoms with Crippen molar-refractivity contribution in [1.82, 2.24) is 10.3 Å². The summed E-state index contributed by atoms with van der Waals surface area (Å²) in [4.78, 5) is 29.5. The first kappa shape index (κ1) is 22.3. The van der Waals surface area contributed by atoms with Crippen LogP contribution in [0.3, 0.4) is 0 Å². The maximum Gasteiger partial charge on any atom is 0.270 e. The molecule has 1 aromatic heterocycles. The van der Waals surface area contributed by atoms with Gasteiger partial charge in [0.2, 0.25) is 0 Å². The number of hydrogen-bond acceptors (Lipinski definition) is 5. The first-order valence-electron chi connectivity index (χ1n) is 9.26. The molecule has 1 heterocycles. The molecule has 152 valence electrons. The second-order valence-electron chi connectivity index (χ2n) is 6.32. The second-order valence-corrected chi connectivity index (χ2v) is 6.72. The Hall–Kier alpha value is -2.95. The first-order chi connectivity index (χ1) is 14.0. The highest BCUT2D eigenvalue weighted by Gasteiger charge is 2.19. The first-order valence-corrected chi connectivity index (χ1v) is 9.69. The van der Waals surface area contributed by atoms with Crippen molar-refractivity contribution in [3.63, 3.8) is 0 Å². The maximum absolute atomic E-state index is 12.8. The molecule has 0 aliphatic rings. The van der Waals surface area contributed by atoms with Crippen LogP contribution in [0.1, 0.15) is 57.4 Å². The average molecular weight is 415 g/mol. The van der Waals surface area contributed by atoms with Gasteiger partial charge in [0.05, 0.1) is 11.6 Å². The molecule has 1 aromatic carbocycles. The lowest BCUT2D eigenvalue weighted by Gasteiger charge is -2.13. The van der Waals surface area contributed by atoms with Gasteiger partial charge in [0.25, 0.3) is 11.8 Å². The highest BCUT2D eigenvalue weighted by molar-refractivity contribution is 6.20. The zero-order valence-corrected chi connectivity index (χ0v) is 17.1. The standard InChI is InChI=1S/C21H23ClN4O3/c1-3-4-11-24-21(28)18-17(9-8-14(2)25-18)20(27)26-16-7-5-6-15(13-16)19(22)29-12-10-23/h5-9,13,19H,3-4,11-12H2,1-2H3,(H,24,28)(H,26,27). The molecule has 0 aliphatic heterocycles. The molecule has 2 N–H and O–H groups in total. The summed E-state index contributed by atoms with van der Waals surface area (Å²) in [6.45, 7) is 4.17. The SMILES string of the molecule is CCCCNC(=O)c1nc(C)ccc1C(=O)Nc1cccc(C(Cl)OCC#N)c1. The summed E-state index contributed by atoms with van der Waals surface area (Å²) >= 11 is 6.11. The Bertz CT molecular complexity index is 911. The van der Waals surface area contributed by atoms with Crippen LogP contribution in [0, 0.1) is 18.3 Å². The quantitative estimate of drug-likeness (QED) is 0.477. The van der Waals surface area contributed by atoms with E-state index in [4.69, 9.17) is 21.6 Å². The number of carbonyl (C=O) groups excluding carboxylic acids is 2. The topological polar surface area (TPSA) is 104 Å². The predicted molar refractivity (Wildman–Crippen MR) is 111 cm³/mol. The highest BCUT2D eigenvalue weighted by Crippen LogP contribution is 2.24. The van der Waals surface area contributed by atoms with Crippen LogP contribution in [-0.4, -0.2) is 29.9 Å². The van der Waals surface area contributed by atoms with Crippen molar-refractivity contribution >= 4 is 29.1 Å². The lowest BCUT2D eigenvalue weighted by molar-refractivity contribution is 0.0934. The maximum atomic E-state index is 12.8. The van der Waals surface area contributed by atoms with Crippen LogP contribution < -0.4 is 10.6 Å². The normalized spacial score (nSPS) is 11.4. The van der Waals surface area contributed by atoms with E-state index in [0.29, 0.717) is 23.5 Å². The van der Waals surface area contributed by atoms with E-state index in [0.717, 1.165) is 12.8 Å². The number of rotatable bonds is 9. The number of anilines is 1. The van der Waals surface area contributed by atoms with Crippen molar-refractivity contribution in [2.24, 2.45) is 0 Å². The van der Waals surface area contributed by atoms with Gasteiger partial charge in [-0.05, 0) is 43.2 Å². The van der Waals surface area contributed by atoms with Crippen LogP contribution in [0.15, 0.2) is 36.4 Å². The van der Waals surface area contributed by atoms with Crippen LogP contribution in [-0.2, 0) is 4.74 Å². The van der Waals surface area contributed by atoms with Crippen molar-refractivity contribution < 1.29 is 14.3 Å². The van der Waals surface area contributed by atoms with Crippen LogP contribution in [0.25, 0.3) is 0 Å². The van der Waals surface area contributed by atoms with Gasteiger partial charge >= 0.3 is 0 Å². The predicted octanol–water partition coefficient (Wildman–Crippen LogP) is 3.95. The number of alkyl halides is 1. The average Bonchev–Trinajstić information content (AvgIpc) is 2.72. The molecule has 7 nitrogen and oxygen atoms in total. The largest absolute Gasteiger partial charge is 0.351 e. The molecule has 8 heteroatoms. The number of benzene rings is 1. The van der Waals surface area contributed by atoms with Crippen molar-refractivity contribution in [1.29, 1.82) is 5.26 Å². The zero-order valence-electron chi connectivity index (χ0n) is 16.4. The molecule has 0 aliphatic carbocycles. The summed E-state index contributed by atoms with van der Waals surface area (Å²) in [6, 6.07) is 11.9. The fourth-order valence-electron chi connectivity index (χ4n) is 2.54. The summed E-state index contributed by atoms with van der Waals surface area (Å²) < 4.78 is 5.16. The Morgan fingerprint density at radius 2 is 2.07 bits per heavy atom. The molecule has 1 unspecified atom stereocenters. The number of nitriles is 1. The minimum absolute atomic E-state index is 0.0855. The Morgan fingerprint density at radius 1 is 1.28 bits per heavy atom. The summed E-state index contributed by atoms with van der Waals surface area (Å²) in [5, 5.41) is 14.1. The molecule has 0 saturated heterocycles. The third-order valence-electron chi connectivity index (χ3n) is 4.01. The van der Waals surface area contributed by atoms with E-state index in [2.05, 4.69) is 15.6 Å². The van der Waals surface area contributed by atoms with E-state index in [9.17, 15) is 9.59 Å². The summed E-state index contributed by atoms with van der Waals surface area (Å²) in [6.07, 6.45) is 1.80. The molecule has 0 spiro atoms. The molecule has 29 heavy (non-hydrogen) atoms. The van der Waals surface area contributed by atoms with Crippen molar-refractivity contribution in [2.45, 2.75) is 32.3 Å². The molecule has 0 fully saturated rings. The van der Waals surface area contributed by atoms with Crippen molar-refractivity contribution in [3.8, 4) is 6.07 Å². The zero-order chi connectivity index (χ0) is 21.2. The number of carbonyl (C=O) groups is 2. The van der Waals surface area contributed by atoms with E-state index in [1.807, 2.05) is 13.0 Å².